The van der Waals surface area contributed by atoms with Gasteiger partial charge in [0.15, 0.2) is 11.6 Å². The molecule has 1 aliphatic heterocycles. The quantitative estimate of drug-likeness (QED) is 0.709. The monoisotopic (exact) mass is 369 g/mol. The number of hydrogen-bond donors (Lipinski definition) is 3. The fourth-order valence-corrected chi connectivity index (χ4v) is 2.91. The van der Waals surface area contributed by atoms with Crippen molar-refractivity contribution in [2.24, 2.45) is 4.99 Å². The number of aromatic nitrogens is 1. The predicted octanol–water partition coefficient (Wildman–Crippen LogP) is 3.05. The van der Waals surface area contributed by atoms with Gasteiger partial charge in [-0.25, -0.2) is 4.85 Å². The van der Waals surface area contributed by atoms with Crippen LogP contribution in [0.15, 0.2) is 29.4 Å². The lowest BCUT2D eigenvalue weighted by Crippen LogP contribution is -2.43. The van der Waals surface area contributed by atoms with E-state index in [2.05, 4.69) is 25.5 Å². The molecule has 0 saturated heterocycles. The van der Waals surface area contributed by atoms with Crippen molar-refractivity contribution in [3.05, 3.63) is 52.1 Å². The number of carbonyl (C=O) groups excluding carboxylic acids is 1. The molecule has 8 heteroatoms. The second-order valence-corrected chi connectivity index (χ2v) is 6.07. The molecule has 132 valence electrons. The molecule has 1 aromatic heterocycles. The van der Waals surface area contributed by atoms with E-state index >= 15 is 0 Å². The lowest BCUT2D eigenvalue weighted by atomic mass is 9.96. The van der Waals surface area contributed by atoms with Crippen molar-refractivity contribution >= 4 is 29.2 Å². The third kappa shape index (κ3) is 3.32. The molecule has 3 N–H and O–H groups in total. The number of phenolic OH excluding ortho intramolecular Hbond substituents is 1. The number of rotatable bonds is 2. The number of phenols is 1. The number of guanidine groups is 1. The van der Waals surface area contributed by atoms with Gasteiger partial charge in [-0.05, 0) is 31.0 Å². The highest BCUT2D eigenvalue weighted by Crippen LogP contribution is 2.41. The third-order valence-corrected chi connectivity index (χ3v) is 4.45. The number of nitrogens with zero attached hydrogens (tertiary/aromatic N) is 3. The number of aromatic hydroxyl groups is 1. The molecule has 0 saturated carbocycles. The molecular weight excluding hydrogens is 354 g/mol. The van der Waals surface area contributed by atoms with E-state index < -0.39 is 5.91 Å². The summed E-state index contributed by atoms with van der Waals surface area (Å²) in [6.07, 6.45) is 2.43. The van der Waals surface area contributed by atoms with Crippen molar-refractivity contribution in [1.29, 1.82) is 0 Å². The Kier molecular flexibility index (Phi) is 5.05. The Balaban J connectivity index is 2.16. The topological polar surface area (TPSA) is 91.0 Å². The van der Waals surface area contributed by atoms with Crippen LogP contribution in [0.5, 0.6) is 5.75 Å². The molecule has 1 aliphatic rings. The summed E-state index contributed by atoms with van der Waals surface area (Å²) in [5.74, 6) is -0.467. The average Bonchev–Trinajstić information content (AvgIpc) is 2.64. The molecule has 0 bridgehead atoms. The molecular formula is C18H16ClN5O2. The van der Waals surface area contributed by atoms with Gasteiger partial charge in [0.1, 0.15) is 5.75 Å². The molecule has 2 heterocycles. The Morgan fingerprint density at radius 2 is 2.23 bits per heavy atom. The van der Waals surface area contributed by atoms with Crippen molar-refractivity contribution < 1.29 is 9.90 Å². The molecule has 26 heavy (non-hydrogen) atoms. The van der Waals surface area contributed by atoms with Gasteiger partial charge in [-0.1, -0.05) is 17.7 Å². The summed E-state index contributed by atoms with van der Waals surface area (Å²) < 4.78 is 0. The Hall–Kier alpha value is -3.11. The summed E-state index contributed by atoms with van der Waals surface area (Å²) in [6, 6.07) is 4.40. The highest BCUT2D eigenvalue weighted by atomic mass is 35.5. The van der Waals surface area contributed by atoms with Gasteiger partial charge >= 0.3 is 0 Å². The van der Waals surface area contributed by atoms with Gasteiger partial charge in [-0.3, -0.25) is 20.1 Å². The van der Waals surface area contributed by atoms with E-state index in [1.807, 2.05) is 0 Å². The molecule has 3 rings (SSSR count). The van der Waals surface area contributed by atoms with Gasteiger partial charge in [0.2, 0.25) is 0 Å². The maximum Gasteiger partial charge on any atom is 0.261 e. The van der Waals surface area contributed by atoms with E-state index in [9.17, 15) is 9.90 Å². The van der Waals surface area contributed by atoms with Gasteiger partial charge in [-0.15, -0.1) is 0 Å². The summed E-state index contributed by atoms with van der Waals surface area (Å²) in [5, 5.41) is 16.3. The van der Waals surface area contributed by atoms with Crippen LogP contribution in [0, 0.1) is 13.5 Å². The number of amides is 1. The number of benzene rings is 1. The molecule has 2 aromatic rings. The van der Waals surface area contributed by atoms with Crippen LogP contribution in [0.1, 0.15) is 22.5 Å². The number of aliphatic imine (C=N–C) groups is 1. The molecule has 0 atom stereocenters. The van der Waals surface area contributed by atoms with Crippen molar-refractivity contribution in [3.63, 3.8) is 0 Å². The maximum absolute atomic E-state index is 12.8. The minimum atomic E-state index is -0.568. The van der Waals surface area contributed by atoms with Crippen LogP contribution in [-0.4, -0.2) is 35.0 Å². The predicted molar refractivity (Wildman–Crippen MR) is 99.7 cm³/mol. The number of pyridine rings is 1. The smallest absolute Gasteiger partial charge is 0.261 e. The Bertz CT molecular complexity index is 949. The highest BCUT2D eigenvalue weighted by molar-refractivity contribution is 6.34. The Morgan fingerprint density at radius 3 is 2.92 bits per heavy atom. The lowest BCUT2D eigenvalue weighted by molar-refractivity contribution is 0.0973. The van der Waals surface area contributed by atoms with Gasteiger partial charge in [0.05, 0.1) is 22.9 Å². The van der Waals surface area contributed by atoms with Crippen LogP contribution in [0.2, 0.25) is 5.02 Å². The lowest BCUT2D eigenvalue weighted by Gasteiger charge is -2.18. The first kappa shape index (κ1) is 17.7. The number of nitrogens with one attached hydrogen (secondary N) is 2. The molecule has 7 nitrogen and oxygen atoms in total. The van der Waals surface area contributed by atoms with Crippen LogP contribution < -0.4 is 10.6 Å². The Morgan fingerprint density at radius 1 is 1.42 bits per heavy atom. The highest BCUT2D eigenvalue weighted by Gasteiger charge is 2.24. The molecule has 1 aromatic carbocycles. The molecule has 0 fully saturated rings. The molecule has 0 unspecified atom stereocenters. The zero-order valence-corrected chi connectivity index (χ0v) is 14.8. The molecule has 0 radical (unpaired) electrons. The van der Waals surface area contributed by atoms with Crippen molar-refractivity contribution in [2.75, 3.05) is 13.1 Å². The second kappa shape index (κ2) is 7.42. The van der Waals surface area contributed by atoms with Gasteiger partial charge in [-0.2, -0.15) is 0 Å². The first-order chi connectivity index (χ1) is 12.5. The van der Waals surface area contributed by atoms with E-state index in [1.54, 1.807) is 19.2 Å². The maximum atomic E-state index is 12.8. The summed E-state index contributed by atoms with van der Waals surface area (Å²) in [5.41, 5.74) is 1.47. The fourth-order valence-electron chi connectivity index (χ4n) is 2.70. The molecule has 1 amide bonds. The van der Waals surface area contributed by atoms with Gasteiger partial charge in [0.25, 0.3) is 5.91 Å². The van der Waals surface area contributed by atoms with E-state index in [1.165, 1.54) is 12.1 Å². The summed E-state index contributed by atoms with van der Waals surface area (Å²) >= 11 is 6.36. The SMILES string of the molecule is [C-]#[N+]c1ccc(O)c(C(=O)NC2=NCCCN2)c1-c1ccnc(C)c1Cl. The summed E-state index contributed by atoms with van der Waals surface area (Å²) in [4.78, 5) is 24.6. The largest absolute Gasteiger partial charge is 0.507 e. The van der Waals surface area contributed by atoms with Gasteiger partial charge < -0.3 is 10.4 Å². The average molecular weight is 370 g/mol. The first-order valence-electron chi connectivity index (χ1n) is 7.97. The van der Waals surface area contributed by atoms with Crippen LogP contribution in [0.3, 0.4) is 0 Å². The summed E-state index contributed by atoms with van der Waals surface area (Å²) in [6.45, 7) is 10.5. The van der Waals surface area contributed by atoms with Crippen molar-refractivity contribution in [3.8, 4) is 16.9 Å². The number of aryl methyl sites for hydroxylation is 1. The van der Waals surface area contributed by atoms with E-state index in [0.29, 0.717) is 35.3 Å². The first-order valence-corrected chi connectivity index (χ1v) is 8.35. The summed E-state index contributed by atoms with van der Waals surface area (Å²) in [7, 11) is 0. The normalized spacial score (nSPS) is 13.3. The van der Waals surface area contributed by atoms with Gasteiger partial charge in [0, 0.05) is 24.8 Å². The molecule has 0 aliphatic carbocycles. The van der Waals surface area contributed by atoms with Crippen LogP contribution in [0.25, 0.3) is 16.0 Å². The van der Waals surface area contributed by atoms with Crippen LogP contribution >= 0.6 is 11.6 Å². The standard InChI is InChI=1S/C18H16ClN5O2/c1-10-16(19)11(6-9-21-10)14-12(20-2)4-5-13(25)15(14)17(26)24-18-22-7-3-8-23-18/h4-6,9,25H,3,7-8H2,1H3,(H2,22,23,24,26). The Labute approximate surface area is 155 Å². The zero-order chi connectivity index (χ0) is 18.7. The number of hydrogen-bond acceptors (Lipinski definition) is 5. The van der Waals surface area contributed by atoms with Crippen LogP contribution in [0.4, 0.5) is 5.69 Å². The number of carbonyl (C=O) groups is 1. The van der Waals surface area contributed by atoms with Crippen molar-refractivity contribution in [1.82, 2.24) is 15.6 Å². The second-order valence-electron chi connectivity index (χ2n) is 5.69. The zero-order valence-electron chi connectivity index (χ0n) is 14.0. The van der Waals surface area contributed by atoms with E-state index in [-0.39, 0.29) is 22.6 Å². The van der Waals surface area contributed by atoms with E-state index in [4.69, 9.17) is 18.2 Å². The molecule has 0 spiro atoms. The van der Waals surface area contributed by atoms with Crippen molar-refractivity contribution in [2.45, 2.75) is 13.3 Å². The number of halogens is 1. The van der Waals surface area contributed by atoms with Crippen LogP contribution in [-0.2, 0) is 0 Å². The minimum Gasteiger partial charge on any atom is -0.507 e. The third-order valence-electron chi connectivity index (χ3n) is 3.97. The minimum absolute atomic E-state index is 0.0268. The van der Waals surface area contributed by atoms with E-state index in [0.717, 1.165) is 6.42 Å². The fraction of sp³-hybridized carbons (Fsp3) is 0.222.